The van der Waals surface area contributed by atoms with E-state index < -0.39 is 12.1 Å². The maximum atomic E-state index is 12.8. The van der Waals surface area contributed by atoms with Crippen molar-refractivity contribution in [2.45, 2.75) is 19.0 Å². The minimum Gasteiger partial charge on any atom is -0.384 e. The highest BCUT2D eigenvalue weighted by molar-refractivity contribution is 5.88. The molecule has 0 fully saturated rings. The number of fused-ring (bicyclic) bond motifs is 1. The predicted octanol–water partition coefficient (Wildman–Crippen LogP) is 3.18. The van der Waals surface area contributed by atoms with Crippen LogP contribution in [-0.4, -0.2) is 58.5 Å². The highest BCUT2D eigenvalue weighted by Gasteiger charge is 2.38. The lowest BCUT2D eigenvalue weighted by atomic mass is 10.1. The summed E-state index contributed by atoms with van der Waals surface area (Å²) < 4.78 is 55.4. The molecule has 192 valence electrons. The molecular formula is C23H25F3N6O4. The second-order valence-corrected chi connectivity index (χ2v) is 7.54. The van der Waals surface area contributed by atoms with Crippen molar-refractivity contribution in [1.29, 1.82) is 0 Å². The van der Waals surface area contributed by atoms with E-state index in [1.54, 1.807) is 26.5 Å². The van der Waals surface area contributed by atoms with Crippen molar-refractivity contribution in [2.24, 2.45) is 12.8 Å². The smallest absolute Gasteiger partial charge is 0.384 e. The van der Waals surface area contributed by atoms with E-state index in [0.717, 1.165) is 28.6 Å². The third kappa shape index (κ3) is 5.86. The molecule has 10 nitrogen and oxygen atoms in total. The van der Waals surface area contributed by atoms with Gasteiger partial charge in [-0.2, -0.15) is 18.2 Å². The molecular weight excluding hydrogens is 481 g/mol. The molecule has 0 aliphatic heterocycles. The number of nitrogens with two attached hydrogens (primary N) is 1. The topological polar surface area (TPSA) is 131 Å². The van der Waals surface area contributed by atoms with E-state index in [2.05, 4.69) is 34.9 Å². The lowest BCUT2D eigenvalue weighted by molar-refractivity contribution is -0.159. The van der Waals surface area contributed by atoms with Crippen molar-refractivity contribution >= 4 is 17.3 Å². The predicted molar refractivity (Wildman–Crippen MR) is 124 cm³/mol. The number of amides is 1. The van der Waals surface area contributed by atoms with E-state index in [4.69, 9.17) is 14.3 Å². The number of rotatable bonds is 8. The fourth-order valence-electron chi connectivity index (χ4n) is 3.77. The molecule has 0 saturated heterocycles. The van der Waals surface area contributed by atoms with Crippen LogP contribution in [0, 0.1) is 0 Å². The van der Waals surface area contributed by atoms with E-state index in [0.29, 0.717) is 36.6 Å². The van der Waals surface area contributed by atoms with E-state index >= 15 is 0 Å². The first-order chi connectivity index (χ1) is 17.2. The molecule has 4 aromatic rings. The van der Waals surface area contributed by atoms with Gasteiger partial charge in [0.1, 0.15) is 0 Å². The van der Waals surface area contributed by atoms with E-state index in [-0.39, 0.29) is 12.2 Å². The highest BCUT2D eigenvalue weighted by Crippen LogP contribution is 2.32. The summed E-state index contributed by atoms with van der Waals surface area (Å²) in [7, 11) is 5.31. The molecule has 1 amide bonds. The first-order valence-corrected chi connectivity index (χ1v) is 10.7. The molecule has 4 heterocycles. The first kappa shape index (κ1) is 26.8. The quantitative estimate of drug-likeness (QED) is 0.361. The SMILES string of the molecule is COCCc1c(CCOC)n(C)c2cnc(-c3cc(-c4noc(C(F)(F)F)n4)ccn3)cc12.NC=O. The number of nitrogens with zero attached hydrogens (tertiary/aromatic N) is 5. The molecule has 0 bridgehead atoms. The summed E-state index contributed by atoms with van der Waals surface area (Å²) in [6.07, 6.45) is 0.235. The number of primary amides is 1. The largest absolute Gasteiger partial charge is 0.471 e. The Morgan fingerprint density at radius 3 is 2.42 bits per heavy atom. The maximum absolute atomic E-state index is 12.8. The van der Waals surface area contributed by atoms with Crippen molar-refractivity contribution in [3.63, 3.8) is 0 Å². The van der Waals surface area contributed by atoms with Crippen molar-refractivity contribution < 1.29 is 32.0 Å². The van der Waals surface area contributed by atoms with Crippen LogP contribution in [-0.2, 0) is 40.3 Å². The fourth-order valence-corrected chi connectivity index (χ4v) is 3.77. The number of halogens is 3. The number of carbonyl (C=O) groups is 1. The first-order valence-electron chi connectivity index (χ1n) is 10.7. The summed E-state index contributed by atoms with van der Waals surface area (Å²) in [6, 6.07) is 5.03. The van der Waals surface area contributed by atoms with E-state index in [9.17, 15) is 13.2 Å². The Bertz CT molecular complexity index is 1320. The van der Waals surface area contributed by atoms with E-state index in [1.807, 2.05) is 13.1 Å². The Hall–Kier alpha value is -3.84. The summed E-state index contributed by atoms with van der Waals surface area (Å²) in [4.78, 5) is 20.9. The average Bonchev–Trinajstić information content (AvgIpc) is 3.46. The normalized spacial score (nSPS) is 11.4. The lowest BCUT2D eigenvalue weighted by Crippen LogP contribution is -2.05. The van der Waals surface area contributed by atoms with Gasteiger partial charge in [0.25, 0.3) is 0 Å². The Morgan fingerprint density at radius 1 is 1.11 bits per heavy atom. The van der Waals surface area contributed by atoms with Crippen molar-refractivity contribution in [3.05, 3.63) is 47.7 Å². The number of carbonyl (C=O) groups excluding carboxylic acids is 1. The van der Waals surface area contributed by atoms with Crippen LogP contribution in [0.1, 0.15) is 17.1 Å². The molecule has 0 spiro atoms. The van der Waals surface area contributed by atoms with Crippen LogP contribution in [0.25, 0.3) is 33.7 Å². The zero-order chi connectivity index (χ0) is 26.3. The Morgan fingerprint density at radius 2 is 1.78 bits per heavy atom. The summed E-state index contributed by atoms with van der Waals surface area (Å²) in [6.45, 7) is 1.14. The molecule has 13 heteroatoms. The monoisotopic (exact) mass is 506 g/mol. The van der Waals surface area contributed by atoms with Gasteiger partial charge in [0.05, 0.1) is 36.3 Å². The number of hydrogen-bond acceptors (Lipinski definition) is 8. The second kappa shape index (κ2) is 11.7. The van der Waals surface area contributed by atoms with Crippen LogP contribution in [0.5, 0.6) is 0 Å². The number of methoxy groups -OCH3 is 2. The lowest BCUT2D eigenvalue weighted by Gasteiger charge is -2.07. The Kier molecular flexibility index (Phi) is 8.72. The number of aryl methyl sites for hydroxylation is 1. The standard InChI is InChI=1S/C22H22F3N5O3.CH3NO/c1-30-18(6-9-32-3)14(5-8-31-2)15-11-17(27-12-19(15)30)16-10-13(4-7-26-16)20-28-21(33-29-20)22(23,24)25;2-1-3/h4,7,10-12H,5-6,8-9H2,1-3H3;1H,(H2,2,3). The molecule has 0 atom stereocenters. The van der Waals surface area contributed by atoms with Gasteiger partial charge < -0.3 is 24.3 Å². The molecule has 0 aliphatic rings. The van der Waals surface area contributed by atoms with Gasteiger partial charge in [-0.05, 0) is 30.2 Å². The number of pyridine rings is 2. The van der Waals surface area contributed by atoms with Crippen LogP contribution < -0.4 is 5.73 Å². The van der Waals surface area contributed by atoms with Crippen molar-refractivity contribution in [3.8, 4) is 22.8 Å². The molecule has 0 aliphatic carbocycles. The molecule has 2 N–H and O–H groups in total. The molecule has 0 unspecified atom stereocenters. The van der Waals surface area contributed by atoms with Gasteiger partial charge in [-0.15, -0.1) is 0 Å². The summed E-state index contributed by atoms with van der Waals surface area (Å²) >= 11 is 0. The van der Waals surface area contributed by atoms with Crippen LogP contribution >= 0.6 is 0 Å². The number of aromatic nitrogens is 5. The Labute approximate surface area is 204 Å². The van der Waals surface area contributed by atoms with E-state index in [1.165, 1.54) is 12.3 Å². The second-order valence-electron chi connectivity index (χ2n) is 7.54. The summed E-state index contributed by atoms with van der Waals surface area (Å²) in [5.41, 5.74) is 8.80. The van der Waals surface area contributed by atoms with Crippen LogP contribution in [0.3, 0.4) is 0 Å². The van der Waals surface area contributed by atoms with Gasteiger partial charge >= 0.3 is 12.1 Å². The number of alkyl halides is 3. The minimum absolute atomic E-state index is 0.172. The fraction of sp³-hybridized carbons (Fsp3) is 0.348. The highest BCUT2D eigenvalue weighted by atomic mass is 19.4. The molecule has 0 saturated carbocycles. The average molecular weight is 506 g/mol. The molecule has 4 rings (SSSR count). The van der Waals surface area contributed by atoms with Crippen molar-refractivity contribution in [1.82, 2.24) is 24.7 Å². The molecule has 4 aromatic heterocycles. The van der Waals surface area contributed by atoms with Gasteiger partial charge in [-0.3, -0.25) is 14.8 Å². The number of ether oxygens (including phenoxy) is 2. The minimum atomic E-state index is -4.71. The summed E-state index contributed by atoms with van der Waals surface area (Å²) in [5.74, 6) is -1.57. The van der Waals surface area contributed by atoms with Gasteiger partial charge in [-0.25, -0.2) is 0 Å². The number of hydrogen-bond donors (Lipinski definition) is 1. The third-order valence-corrected chi connectivity index (χ3v) is 5.37. The van der Waals surface area contributed by atoms with Gasteiger partial charge in [0.2, 0.25) is 12.2 Å². The molecule has 36 heavy (non-hydrogen) atoms. The zero-order valence-corrected chi connectivity index (χ0v) is 19.9. The summed E-state index contributed by atoms with van der Waals surface area (Å²) in [5, 5.41) is 4.46. The van der Waals surface area contributed by atoms with Crippen LogP contribution in [0.15, 0.2) is 35.1 Å². The van der Waals surface area contributed by atoms with Crippen LogP contribution in [0.2, 0.25) is 0 Å². The van der Waals surface area contributed by atoms with Gasteiger partial charge in [0, 0.05) is 50.5 Å². The maximum Gasteiger partial charge on any atom is 0.471 e. The molecule has 0 radical (unpaired) electrons. The van der Waals surface area contributed by atoms with Gasteiger partial charge in [0.15, 0.2) is 0 Å². The van der Waals surface area contributed by atoms with Crippen LogP contribution in [0.4, 0.5) is 13.2 Å². The zero-order valence-electron chi connectivity index (χ0n) is 19.9. The molecule has 0 aromatic carbocycles. The third-order valence-electron chi connectivity index (χ3n) is 5.37. The van der Waals surface area contributed by atoms with Crippen molar-refractivity contribution in [2.75, 3.05) is 27.4 Å². The Balaban J connectivity index is 0.00000115. The van der Waals surface area contributed by atoms with Gasteiger partial charge in [-0.1, -0.05) is 5.16 Å².